The summed E-state index contributed by atoms with van der Waals surface area (Å²) in [6.45, 7) is 8.83. The first kappa shape index (κ1) is 24.4. The van der Waals surface area contributed by atoms with Gasteiger partial charge in [-0.05, 0) is 43.2 Å². The Kier molecular flexibility index (Phi) is 11.3. The van der Waals surface area contributed by atoms with Crippen LogP contribution in [0.4, 0.5) is 0 Å². The molecule has 1 atom stereocenters. The van der Waals surface area contributed by atoms with Crippen LogP contribution in [0.1, 0.15) is 36.5 Å². The lowest BCUT2D eigenvalue weighted by Gasteiger charge is -2.35. The number of hydrogen-bond donors (Lipinski definition) is 1. The fourth-order valence-electron chi connectivity index (χ4n) is 3.85. The van der Waals surface area contributed by atoms with Crippen molar-refractivity contribution in [3.8, 4) is 0 Å². The van der Waals surface area contributed by atoms with Crippen LogP contribution in [0.3, 0.4) is 0 Å². The van der Waals surface area contributed by atoms with Crippen molar-refractivity contribution in [3.63, 3.8) is 0 Å². The van der Waals surface area contributed by atoms with Crippen molar-refractivity contribution < 1.29 is 14.2 Å². The molecule has 7 heteroatoms. The predicted molar refractivity (Wildman–Crippen MR) is 127 cm³/mol. The van der Waals surface area contributed by atoms with Crippen LogP contribution in [0.25, 0.3) is 0 Å². The summed E-state index contributed by atoms with van der Waals surface area (Å²) < 4.78 is 17.3. The lowest BCUT2D eigenvalue weighted by Crippen LogP contribution is -2.48. The molecule has 2 aliphatic heterocycles. The molecule has 2 saturated heterocycles. The van der Waals surface area contributed by atoms with Crippen molar-refractivity contribution in [1.82, 2.24) is 10.2 Å². The molecule has 2 heterocycles. The number of ether oxygens (including phenoxy) is 3. The van der Waals surface area contributed by atoms with Gasteiger partial charge in [0.15, 0.2) is 5.96 Å². The van der Waals surface area contributed by atoms with Crippen LogP contribution in [0.15, 0.2) is 29.3 Å². The van der Waals surface area contributed by atoms with E-state index in [0.717, 1.165) is 71.3 Å². The summed E-state index contributed by atoms with van der Waals surface area (Å²) in [5, 5.41) is 3.48. The van der Waals surface area contributed by atoms with E-state index in [-0.39, 0.29) is 30.1 Å². The molecule has 3 rings (SSSR count). The zero-order chi connectivity index (χ0) is 19.6. The molecule has 2 fully saturated rings. The molecule has 0 amide bonds. The SMILES string of the molecule is CN=C(NCCCOCC1CCOCC1)N1CCOC(c2ccccc2C)C1.I. The summed E-state index contributed by atoms with van der Waals surface area (Å²) in [7, 11) is 1.85. The third-order valence-corrected chi connectivity index (χ3v) is 5.56. The number of rotatable bonds is 7. The van der Waals surface area contributed by atoms with Crippen LogP contribution in [-0.2, 0) is 14.2 Å². The van der Waals surface area contributed by atoms with E-state index in [1.54, 1.807) is 0 Å². The number of aliphatic imine (C=N–C) groups is 1. The predicted octanol–water partition coefficient (Wildman–Crippen LogP) is 3.40. The number of nitrogens with zero attached hydrogens (tertiary/aromatic N) is 2. The van der Waals surface area contributed by atoms with Crippen molar-refractivity contribution in [3.05, 3.63) is 35.4 Å². The van der Waals surface area contributed by atoms with E-state index in [9.17, 15) is 0 Å². The van der Waals surface area contributed by atoms with Gasteiger partial charge < -0.3 is 24.4 Å². The summed E-state index contributed by atoms with van der Waals surface area (Å²) in [5.74, 6) is 1.62. The second-order valence-corrected chi connectivity index (χ2v) is 7.62. The van der Waals surface area contributed by atoms with Crippen molar-refractivity contribution in [2.45, 2.75) is 32.3 Å². The van der Waals surface area contributed by atoms with E-state index in [4.69, 9.17) is 14.2 Å². The van der Waals surface area contributed by atoms with Gasteiger partial charge in [-0.25, -0.2) is 0 Å². The summed E-state index contributed by atoms with van der Waals surface area (Å²) in [4.78, 5) is 6.77. The lowest BCUT2D eigenvalue weighted by molar-refractivity contribution is -0.00838. The minimum atomic E-state index is 0. The fourth-order valence-corrected chi connectivity index (χ4v) is 3.85. The van der Waals surface area contributed by atoms with E-state index < -0.39 is 0 Å². The van der Waals surface area contributed by atoms with Gasteiger partial charge in [0.1, 0.15) is 6.10 Å². The lowest BCUT2D eigenvalue weighted by atomic mass is 10.0. The van der Waals surface area contributed by atoms with Crippen LogP contribution in [0.5, 0.6) is 0 Å². The first-order valence-electron chi connectivity index (χ1n) is 10.6. The van der Waals surface area contributed by atoms with Crippen molar-refractivity contribution in [1.29, 1.82) is 0 Å². The number of hydrogen-bond acceptors (Lipinski definition) is 4. The Morgan fingerprint density at radius 3 is 2.79 bits per heavy atom. The normalized spacial score (nSPS) is 21.0. The summed E-state index contributed by atoms with van der Waals surface area (Å²) in [6.07, 6.45) is 3.33. The van der Waals surface area contributed by atoms with Gasteiger partial charge in [0.2, 0.25) is 0 Å². The Labute approximate surface area is 192 Å². The largest absolute Gasteiger partial charge is 0.381 e. The minimum absolute atomic E-state index is 0. The average Bonchev–Trinajstić information content (AvgIpc) is 2.74. The molecule has 6 nitrogen and oxygen atoms in total. The smallest absolute Gasteiger partial charge is 0.193 e. The molecule has 0 bridgehead atoms. The standard InChI is InChI=1S/C22H35N3O3.HI/c1-18-6-3-4-7-20(18)21-16-25(11-15-28-21)22(23-2)24-10-5-12-27-17-19-8-13-26-14-9-19;/h3-4,6-7,19,21H,5,8-17H2,1-2H3,(H,23,24);1H. The van der Waals surface area contributed by atoms with Crippen molar-refractivity contribution in [2.24, 2.45) is 10.9 Å². The van der Waals surface area contributed by atoms with E-state index >= 15 is 0 Å². The van der Waals surface area contributed by atoms with Crippen LogP contribution >= 0.6 is 24.0 Å². The summed E-state index contributed by atoms with van der Waals surface area (Å²) in [6, 6.07) is 8.46. The third-order valence-electron chi connectivity index (χ3n) is 5.56. The Balaban J connectivity index is 0.00000300. The molecule has 0 spiro atoms. The second-order valence-electron chi connectivity index (χ2n) is 7.62. The topological polar surface area (TPSA) is 55.3 Å². The summed E-state index contributed by atoms with van der Waals surface area (Å²) >= 11 is 0. The van der Waals surface area contributed by atoms with E-state index in [2.05, 4.69) is 46.4 Å². The average molecular weight is 517 g/mol. The molecule has 0 aliphatic carbocycles. The molecule has 0 radical (unpaired) electrons. The van der Waals surface area contributed by atoms with Crippen molar-refractivity contribution in [2.75, 3.05) is 59.7 Å². The number of morpholine rings is 1. The number of aryl methyl sites for hydroxylation is 1. The summed E-state index contributed by atoms with van der Waals surface area (Å²) in [5.41, 5.74) is 2.54. The first-order chi connectivity index (χ1) is 13.8. The van der Waals surface area contributed by atoms with Gasteiger partial charge in [0.05, 0.1) is 13.2 Å². The maximum Gasteiger partial charge on any atom is 0.193 e. The molecular formula is C22H36IN3O3. The Morgan fingerprint density at radius 2 is 2.03 bits per heavy atom. The minimum Gasteiger partial charge on any atom is -0.381 e. The highest BCUT2D eigenvalue weighted by Crippen LogP contribution is 2.25. The van der Waals surface area contributed by atoms with Gasteiger partial charge in [-0.3, -0.25) is 4.99 Å². The zero-order valence-corrected chi connectivity index (χ0v) is 20.1. The van der Waals surface area contributed by atoms with E-state index in [0.29, 0.717) is 12.5 Å². The molecule has 0 saturated carbocycles. The van der Waals surface area contributed by atoms with Gasteiger partial charge in [-0.15, -0.1) is 24.0 Å². The number of nitrogens with one attached hydrogen (secondary N) is 1. The molecule has 2 aliphatic rings. The number of halogens is 1. The monoisotopic (exact) mass is 517 g/mol. The van der Waals surface area contributed by atoms with Gasteiger partial charge in [0.25, 0.3) is 0 Å². The van der Waals surface area contributed by atoms with Crippen LogP contribution in [0, 0.1) is 12.8 Å². The molecule has 0 aromatic heterocycles. The molecule has 1 aromatic carbocycles. The molecule has 1 unspecified atom stereocenters. The Hall–Kier alpha value is -0.900. The highest BCUT2D eigenvalue weighted by atomic mass is 127. The quantitative estimate of drug-likeness (QED) is 0.260. The van der Waals surface area contributed by atoms with Gasteiger partial charge in [-0.2, -0.15) is 0 Å². The second kappa shape index (κ2) is 13.4. The van der Waals surface area contributed by atoms with Crippen molar-refractivity contribution >= 4 is 29.9 Å². The van der Waals surface area contributed by atoms with Gasteiger partial charge >= 0.3 is 0 Å². The maximum absolute atomic E-state index is 6.03. The van der Waals surface area contributed by atoms with Crippen LogP contribution < -0.4 is 5.32 Å². The first-order valence-corrected chi connectivity index (χ1v) is 10.6. The number of guanidine groups is 1. The van der Waals surface area contributed by atoms with Gasteiger partial charge in [-0.1, -0.05) is 24.3 Å². The molecule has 1 aromatic rings. The zero-order valence-electron chi connectivity index (χ0n) is 17.8. The van der Waals surface area contributed by atoms with E-state index in [1.165, 1.54) is 11.1 Å². The number of benzene rings is 1. The Bertz CT molecular complexity index is 623. The van der Waals surface area contributed by atoms with Crippen LogP contribution in [-0.4, -0.2) is 70.6 Å². The molecule has 164 valence electrons. The van der Waals surface area contributed by atoms with E-state index in [1.807, 2.05) is 7.05 Å². The van der Waals surface area contributed by atoms with Crippen LogP contribution in [0.2, 0.25) is 0 Å². The molecule has 29 heavy (non-hydrogen) atoms. The third kappa shape index (κ3) is 7.70. The highest BCUT2D eigenvalue weighted by Gasteiger charge is 2.25. The van der Waals surface area contributed by atoms with Gasteiger partial charge in [0, 0.05) is 46.6 Å². The highest BCUT2D eigenvalue weighted by molar-refractivity contribution is 14.0. The molecule has 1 N–H and O–H groups in total. The Morgan fingerprint density at radius 1 is 1.24 bits per heavy atom. The fraction of sp³-hybridized carbons (Fsp3) is 0.682. The molecular weight excluding hydrogens is 481 g/mol. The maximum atomic E-state index is 6.03.